The molecule has 0 unspecified atom stereocenters. The molecule has 1 fully saturated rings. The molecule has 0 bridgehead atoms. The van der Waals surface area contributed by atoms with E-state index in [0.29, 0.717) is 37.5 Å². The zero-order valence-corrected chi connectivity index (χ0v) is 14.5. The molecule has 2 aromatic rings. The Morgan fingerprint density at radius 1 is 1.00 bits per heavy atom. The van der Waals surface area contributed by atoms with Gasteiger partial charge in [0.15, 0.2) is 0 Å². The van der Waals surface area contributed by atoms with E-state index in [-0.39, 0.29) is 5.75 Å². The summed E-state index contributed by atoms with van der Waals surface area (Å²) in [5, 5.41) is 9.60. The molecule has 0 amide bonds. The molecule has 0 aliphatic carbocycles. The molecule has 0 atom stereocenters. The van der Waals surface area contributed by atoms with Gasteiger partial charge in [-0.2, -0.15) is 4.31 Å². The van der Waals surface area contributed by atoms with Crippen LogP contribution in [-0.2, 0) is 16.4 Å². The molecule has 2 aromatic carbocycles. The minimum absolute atomic E-state index is 0.222. The van der Waals surface area contributed by atoms with E-state index >= 15 is 0 Å². The van der Waals surface area contributed by atoms with Gasteiger partial charge >= 0.3 is 0 Å². The van der Waals surface area contributed by atoms with Gasteiger partial charge in [0.25, 0.3) is 0 Å². The van der Waals surface area contributed by atoms with E-state index < -0.39 is 10.0 Å². The molecule has 5 nitrogen and oxygen atoms in total. The highest BCUT2D eigenvalue weighted by Gasteiger charge is 2.29. The van der Waals surface area contributed by atoms with Crippen molar-refractivity contribution in [1.82, 2.24) is 4.31 Å². The molecule has 3 rings (SSSR count). The average Bonchev–Trinajstić information content (AvgIpc) is 2.62. The van der Waals surface area contributed by atoms with Crippen LogP contribution in [0, 0.1) is 0 Å². The van der Waals surface area contributed by atoms with Crippen molar-refractivity contribution in [2.45, 2.75) is 18.2 Å². The van der Waals surface area contributed by atoms with Crippen molar-refractivity contribution in [3.8, 4) is 5.75 Å². The van der Waals surface area contributed by atoms with Crippen molar-refractivity contribution >= 4 is 15.7 Å². The molecule has 0 saturated carbocycles. The number of nitrogens with zero attached hydrogens (tertiary/aromatic N) is 2. The Morgan fingerprint density at radius 2 is 1.71 bits per heavy atom. The van der Waals surface area contributed by atoms with Gasteiger partial charge < -0.3 is 10.0 Å². The molecule has 1 aliphatic heterocycles. The van der Waals surface area contributed by atoms with Gasteiger partial charge in [0.2, 0.25) is 10.0 Å². The fourth-order valence-electron chi connectivity index (χ4n) is 3.06. The van der Waals surface area contributed by atoms with Gasteiger partial charge in [0.05, 0.1) is 4.90 Å². The first-order chi connectivity index (χ1) is 11.5. The topological polar surface area (TPSA) is 60.9 Å². The van der Waals surface area contributed by atoms with Gasteiger partial charge in [-0.05, 0) is 30.2 Å². The lowest BCUT2D eigenvalue weighted by Gasteiger charge is -2.35. The highest BCUT2D eigenvalue weighted by Crippen LogP contribution is 2.25. The van der Waals surface area contributed by atoms with Gasteiger partial charge in [0, 0.05) is 37.9 Å². The fourth-order valence-corrected chi connectivity index (χ4v) is 4.78. The van der Waals surface area contributed by atoms with Crippen LogP contribution in [0.15, 0.2) is 53.4 Å². The zero-order valence-electron chi connectivity index (χ0n) is 13.7. The second kappa shape index (κ2) is 6.83. The Balaban J connectivity index is 1.76. The van der Waals surface area contributed by atoms with Gasteiger partial charge in [0.1, 0.15) is 5.75 Å². The largest absolute Gasteiger partial charge is 0.508 e. The van der Waals surface area contributed by atoms with Crippen molar-refractivity contribution in [3.63, 3.8) is 0 Å². The van der Waals surface area contributed by atoms with Crippen LogP contribution in [0.4, 0.5) is 5.69 Å². The van der Waals surface area contributed by atoms with Crippen molar-refractivity contribution < 1.29 is 13.5 Å². The first-order valence-corrected chi connectivity index (χ1v) is 9.58. The Labute approximate surface area is 143 Å². The summed E-state index contributed by atoms with van der Waals surface area (Å²) in [5.41, 5.74) is 1.77. The third-order valence-corrected chi connectivity index (χ3v) is 6.40. The Bertz CT molecular complexity index is 813. The molecule has 0 spiro atoms. The monoisotopic (exact) mass is 346 g/mol. The van der Waals surface area contributed by atoms with E-state index in [1.165, 1.54) is 0 Å². The highest BCUT2D eigenvalue weighted by molar-refractivity contribution is 7.89. The molecule has 1 saturated heterocycles. The summed E-state index contributed by atoms with van der Waals surface area (Å²) in [7, 11) is -3.46. The molecular weight excluding hydrogens is 324 g/mol. The lowest BCUT2D eigenvalue weighted by Crippen LogP contribution is -2.48. The Kier molecular flexibility index (Phi) is 4.78. The number of benzene rings is 2. The minimum atomic E-state index is -3.46. The van der Waals surface area contributed by atoms with E-state index in [9.17, 15) is 13.5 Å². The lowest BCUT2D eigenvalue weighted by molar-refractivity contribution is 0.384. The number of rotatable bonds is 4. The summed E-state index contributed by atoms with van der Waals surface area (Å²) in [4.78, 5) is 2.51. The fraction of sp³-hybridized carbons (Fsp3) is 0.333. The standard InChI is InChI=1S/C18H22N2O3S/c1-2-15-6-3-4-9-18(15)24(22,23)20-12-10-19(11-13-20)16-7-5-8-17(21)14-16/h3-9,14,21H,2,10-13H2,1H3. The van der Waals surface area contributed by atoms with Crippen LogP contribution in [0.25, 0.3) is 0 Å². The lowest BCUT2D eigenvalue weighted by atomic mass is 10.2. The molecule has 128 valence electrons. The number of hydrogen-bond donors (Lipinski definition) is 1. The summed E-state index contributed by atoms with van der Waals surface area (Å²) in [5.74, 6) is 0.222. The molecule has 1 aliphatic rings. The average molecular weight is 346 g/mol. The number of phenolic OH excluding ortho intramolecular Hbond substituents is 1. The quantitative estimate of drug-likeness (QED) is 0.924. The van der Waals surface area contributed by atoms with Crippen molar-refractivity contribution in [2.24, 2.45) is 0 Å². The maximum Gasteiger partial charge on any atom is 0.243 e. The molecule has 1 heterocycles. The first-order valence-electron chi connectivity index (χ1n) is 8.14. The highest BCUT2D eigenvalue weighted by atomic mass is 32.2. The predicted octanol–water partition coefficient (Wildman–Crippen LogP) is 2.47. The van der Waals surface area contributed by atoms with Gasteiger partial charge in [-0.3, -0.25) is 0 Å². The molecule has 1 N–H and O–H groups in total. The van der Waals surface area contributed by atoms with Crippen LogP contribution in [-0.4, -0.2) is 44.0 Å². The molecule has 0 radical (unpaired) electrons. The van der Waals surface area contributed by atoms with E-state index in [1.807, 2.05) is 25.1 Å². The normalized spacial score (nSPS) is 16.3. The third kappa shape index (κ3) is 3.25. The summed E-state index contributed by atoms with van der Waals surface area (Å²) >= 11 is 0. The smallest absolute Gasteiger partial charge is 0.243 e. The zero-order chi connectivity index (χ0) is 17.2. The van der Waals surface area contributed by atoms with Crippen LogP contribution < -0.4 is 4.90 Å². The maximum atomic E-state index is 12.9. The first kappa shape index (κ1) is 16.8. The number of piperazine rings is 1. The van der Waals surface area contributed by atoms with Crippen LogP contribution >= 0.6 is 0 Å². The number of sulfonamides is 1. The van der Waals surface area contributed by atoms with Crippen molar-refractivity contribution in [2.75, 3.05) is 31.1 Å². The van der Waals surface area contributed by atoms with E-state index in [1.54, 1.807) is 34.6 Å². The number of phenols is 1. The van der Waals surface area contributed by atoms with Crippen LogP contribution in [0.5, 0.6) is 5.75 Å². The van der Waals surface area contributed by atoms with Crippen molar-refractivity contribution in [1.29, 1.82) is 0 Å². The van der Waals surface area contributed by atoms with E-state index in [4.69, 9.17) is 0 Å². The Morgan fingerprint density at radius 3 is 2.38 bits per heavy atom. The number of anilines is 1. The second-order valence-electron chi connectivity index (χ2n) is 5.87. The molecule has 6 heteroatoms. The summed E-state index contributed by atoms with van der Waals surface area (Å²) in [6.45, 7) is 4.06. The van der Waals surface area contributed by atoms with Crippen LogP contribution in [0.2, 0.25) is 0 Å². The van der Waals surface area contributed by atoms with E-state index in [2.05, 4.69) is 4.90 Å². The third-order valence-electron chi connectivity index (χ3n) is 4.40. The summed E-state index contributed by atoms with van der Waals surface area (Å²) in [6.07, 6.45) is 0.693. The number of hydrogen-bond acceptors (Lipinski definition) is 4. The molecule has 0 aromatic heterocycles. The molecule has 24 heavy (non-hydrogen) atoms. The maximum absolute atomic E-state index is 12.9. The van der Waals surface area contributed by atoms with Gasteiger partial charge in [-0.1, -0.05) is 31.2 Å². The Hall–Kier alpha value is -2.05. The molecular formula is C18H22N2O3S. The summed E-state index contributed by atoms with van der Waals surface area (Å²) < 4.78 is 27.4. The second-order valence-corrected chi connectivity index (χ2v) is 7.78. The van der Waals surface area contributed by atoms with Gasteiger partial charge in [-0.25, -0.2) is 8.42 Å². The minimum Gasteiger partial charge on any atom is -0.508 e. The van der Waals surface area contributed by atoms with Crippen LogP contribution in [0.1, 0.15) is 12.5 Å². The number of aromatic hydroxyl groups is 1. The summed E-state index contributed by atoms with van der Waals surface area (Å²) in [6, 6.07) is 14.3. The number of aryl methyl sites for hydroxylation is 1. The van der Waals surface area contributed by atoms with E-state index in [0.717, 1.165) is 11.3 Å². The SMILES string of the molecule is CCc1ccccc1S(=O)(=O)N1CCN(c2cccc(O)c2)CC1. The predicted molar refractivity (Wildman–Crippen MR) is 94.9 cm³/mol. The van der Waals surface area contributed by atoms with Crippen molar-refractivity contribution in [3.05, 3.63) is 54.1 Å². The van der Waals surface area contributed by atoms with Crippen LogP contribution in [0.3, 0.4) is 0 Å². The van der Waals surface area contributed by atoms with Gasteiger partial charge in [-0.15, -0.1) is 0 Å².